The van der Waals surface area contributed by atoms with E-state index in [-0.39, 0.29) is 29.3 Å². The largest absolute Gasteiger partial charge is 0.496 e. The van der Waals surface area contributed by atoms with E-state index in [4.69, 9.17) is 16.3 Å². The molecule has 2 aliphatic rings. The van der Waals surface area contributed by atoms with Crippen molar-refractivity contribution in [2.24, 2.45) is 0 Å². The fraction of sp³-hybridized carbons (Fsp3) is 0.280. The molecule has 0 saturated carbocycles. The molecule has 3 aromatic rings. The zero-order valence-electron chi connectivity index (χ0n) is 18.5. The minimum atomic E-state index is -0.674. The Bertz CT molecular complexity index is 1230. The molecular formula is C25H23ClN4O4. The Balaban J connectivity index is 1.37. The van der Waals surface area contributed by atoms with Crippen molar-refractivity contribution in [2.45, 2.75) is 24.9 Å². The third-order valence-corrected chi connectivity index (χ3v) is 6.84. The van der Waals surface area contributed by atoms with Crippen LogP contribution in [0.2, 0.25) is 5.02 Å². The maximum atomic E-state index is 13.4. The Morgan fingerprint density at radius 1 is 1.06 bits per heavy atom. The number of aromatic amines is 1. The van der Waals surface area contributed by atoms with E-state index in [0.717, 1.165) is 12.8 Å². The molecule has 9 heteroatoms. The molecule has 2 unspecified atom stereocenters. The Morgan fingerprint density at radius 3 is 2.38 bits per heavy atom. The molecule has 34 heavy (non-hydrogen) atoms. The van der Waals surface area contributed by atoms with Gasteiger partial charge in [0.2, 0.25) is 0 Å². The van der Waals surface area contributed by atoms with Crippen LogP contribution < -0.4 is 4.74 Å². The highest BCUT2D eigenvalue weighted by Gasteiger charge is 2.46. The first-order valence-corrected chi connectivity index (χ1v) is 11.4. The van der Waals surface area contributed by atoms with Crippen LogP contribution in [-0.2, 0) is 4.79 Å². The van der Waals surface area contributed by atoms with E-state index in [9.17, 15) is 14.4 Å². The molecule has 2 atom stereocenters. The lowest BCUT2D eigenvalue weighted by atomic mass is 10.0. The number of carbonyl (C=O) groups excluding carboxylic acids is 3. The number of H-pyrrole nitrogens is 1. The van der Waals surface area contributed by atoms with Gasteiger partial charge in [0.1, 0.15) is 5.75 Å². The van der Waals surface area contributed by atoms with Crippen LogP contribution in [0.25, 0.3) is 11.3 Å². The lowest BCUT2D eigenvalue weighted by Crippen LogP contribution is -2.58. The molecule has 2 fully saturated rings. The quantitative estimate of drug-likeness (QED) is 0.447. The normalized spacial score (nSPS) is 19.2. The van der Waals surface area contributed by atoms with Gasteiger partial charge in [0, 0.05) is 30.4 Å². The van der Waals surface area contributed by atoms with Crippen molar-refractivity contribution in [1.82, 2.24) is 20.0 Å². The van der Waals surface area contributed by atoms with E-state index in [2.05, 4.69) is 10.2 Å². The summed E-state index contributed by atoms with van der Waals surface area (Å²) in [6, 6.07) is 13.5. The fourth-order valence-corrected chi connectivity index (χ4v) is 5.16. The predicted molar refractivity (Wildman–Crippen MR) is 126 cm³/mol. The number of Topliss-reactive ketones (excluding diaryl/α,β-unsaturated/α-hetero) is 1. The first-order chi connectivity index (χ1) is 16.5. The molecule has 2 amide bonds. The summed E-state index contributed by atoms with van der Waals surface area (Å²) in [5, 5.41) is 7.14. The summed E-state index contributed by atoms with van der Waals surface area (Å²) in [5.74, 6) is -1.07. The van der Waals surface area contributed by atoms with Crippen molar-refractivity contribution >= 4 is 29.2 Å². The number of benzene rings is 2. The topological polar surface area (TPSA) is 95.6 Å². The molecule has 3 heterocycles. The van der Waals surface area contributed by atoms with Crippen molar-refractivity contribution in [2.75, 3.05) is 20.2 Å². The van der Waals surface area contributed by atoms with Gasteiger partial charge in [-0.05, 0) is 43.2 Å². The molecule has 0 aliphatic carbocycles. The van der Waals surface area contributed by atoms with Crippen molar-refractivity contribution in [3.05, 3.63) is 70.9 Å². The number of hydrogen-bond acceptors (Lipinski definition) is 5. The third kappa shape index (κ3) is 3.84. The summed E-state index contributed by atoms with van der Waals surface area (Å²) in [7, 11) is 1.44. The summed E-state index contributed by atoms with van der Waals surface area (Å²) in [5.41, 5.74) is 1.93. The van der Waals surface area contributed by atoms with Gasteiger partial charge < -0.3 is 14.5 Å². The van der Waals surface area contributed by atoms with Crippen LogP contribution in [0.3, 0.4) is 0 Å². The zero-order chi connectivity index (χ0) is 23.8. The maximum Gasteiger partial charge on any atom is 0.295 e. The number of aromatic nitrogens is 2. The second-order valence-corrected chi connectivity index (χ2v) is 8.90. The highest BCUT2D eigenvalue weighted by atomic mass is 35.5. The van der Waals surface area contributed by atoms with Gasteiger partial charge >= 0.3 is 0 Å². The molecule has 2 saturated heterocycles. The van der Waals surface area contributed by atoms with Crippen molar-refractivity contribution in [3.63, 3.8) is 0 Å². The summed E-state index contributed by atoms with van der Waals surface area (Å²) in [6.07, 6.45) is 3.16. The van der Waals surface area contributed by atoms with Crippen molar-refractivity contribution < 1.29 is 19.1 Å². The average Bonchev–Trinajstić information content (AvgIpc) is 3.49. The number of piperazine rings is 1. The first kappa shape index (κ1) is 22.2. The molecule has 5 rings (SSSR count). The van der Waals surface area contributed by atoms with Crippen LogP contribution >= 0.6 is 11.6 Å². The Hall–Kier alpha value is -3.65. The van der Waals surface area contributed by atoms with Gasteiger partial charge in [0.05, 0.1) is 35.5 Å². The maximum absolute atomic E-state index is 13.4. The van der Waals surface area contributed by atoms with E-state index in [1.54, 1.807) is 40.3 Å². The second-order valence-electron chi connectivity index (χ2n) is 8.49. The Kier molecular flexibility index (Phi) is 5.83. The number of nitrogens with zero attached hydrogens (tertiary/aromatic N) is 3. The van der Waals surface area contributed by atoms with Crippen LogP contribution in [-0.4, -0.2) is 69.9 Å². The molecule has 1 N–H and O–H groups in total. The van der Waals surface area contributed by atoms with Gasteiger partial charge in [0.25, 0.3) is 17.6 Å². The summed E-state index contributed by atoms with van der Waals surface area (Å²) in [4.78, 5) is 43.0. The molecular weight excluding hydrogens is 456 g/mol. The lowest BCUT2D eigenvalue weighted by Gasteiger charge is -2.40. The predicted octanol–water partition coefficient (Wildman–Crippen LogP) is 3.44. The lowest BCUT2D eigenvalue weighted by molar-refractivity contribution is -0.131. The van der Waals surface area contributed by atoms with Gasteiger partial charge in [0.15, 0.2) is 0 Å². The van der Waals surface area contributed by atoms with Gasteiger partial charge in [-0.25, -0.2) is 0 Å². The number of carbonyl (C=O) groups is 3. The number of rotatable bonds is 5. The van der Waals surface area contributed by atoms with E-state index >= 15 is 0 Å². The number of ether oxygens (including phenoxy) is 1. The summed E-state index contributed by atoms with van der Waals surface area (Å²) < 4.78 is 5.42. The number of halogens is 1. The molecule has 0 radical (unpaired) electrons. The van der Waals surface area contributed by atoms with E-state index in [1.165, 1.54) is 13.2 Å². The van der Waals surface area contributed by atoms with Gasteiger partial charge in [-0.3, -0.25) is 19.5 Å². The van der Waals surface area contributed by atoms with Crippen LogP contribution in [0.1, 0.15) is 33.6 Å². The number of methoxy groups -OCH3 is 1. The van der Waals surface area contributed by atoms with Gasteiger partial charge in [-0.15, -0.1) is 0 Å². The molecule has 2 bridgehead atoms. The highest BCUT2D eigenvalue weighted by molar-refractivity contribution is 6.44. The van der Waals surface area contributed by atoms with Crippen molar-refractivity contribution in [1.29, 1.82) is 0 Å². The monoisotopic (exact) mass is 478 g/mol. The zero-order valence-corrected chi connectivity index (χ0v) is 19.3. The summed E-state index contributed by atoms with van der Waals surface area (Å²) in [6.45, 7) is 0.804. The standard InChI is InChI=1S/C25H23ClN4O4/c1-34-22-12-18(21-9-10-27-28-21)20(26)11-19(22)23(31)25(33)30-16-7-8-17(30)14-29(13-16)24(32)15-5-3-2-4-6-15/h2-6,9-12,16-17H,7-8,13-14H2,1H3,(H,27,28). The SMILES string of the molecule is COc1cc(-c2cc[nH]n2)c(Cl)cc1C(=O)C(=O)N1C2CCC1CN(C(=O)c1ccccc1)C2. The molecule has 1 aromatic heterocycles. The van der Waals surface area contributed by atoms with E-state index in [1.807, 2.05) is 18.2 Å². The molecule has 2 aliphatic heterocycles. The highest BCUT2D eigenvalue weighted by Crippen LogP contribution is 2.36. The molecule has 174 valence electrons. The van der Waals surface area contributed by atoms with E-state index < -0.39 is 11.7 Å². The van der Waals surface area contributed by atoms with Crippen LogP contribution in [0, 0.1) is 0 Å². The minimum Gasteiger partial charge on any atom is -0.496 e. The molecule has 8 nitrogen and oxygen atoms in total. The van der Waals surface area contributed by atoms with Crippen LogP contribution in [0.5, 0.6) is 5.75 Å². The van der Waals surface area contributed by atoms with Crippen LogP contribution in [0.4, 0.5) is 0 Å². The van der Waals surface area contributed by atoms with Crippen molar-refractivity contribution in [3.8, 4) is 17.0 Å². The van der Waals surface area contributed by atoms with Gasteiger partial charge in [-0.2, -0.15) is 5.10 Å². The first-order valence-electron chi connectivity index (χ1n) is 11.1. The number of likely N-dealkylation sites (tertiary alicyclic amines) is 1. The average molecular weight is 479 g/mol. The molecule has 2 aromatic carbocycles. The minimum absolute atomic E-state index is 0.0571. The smallest absolute Gasteiger partial charge is 0.295 e. The summed E-state index contributed by atoms with van der Waals surface area (Å²) >= 11 is 6.44. The number of amides is 2. The van der Waals surface area contributed by atoms with Gasteiger partial charge in [-0.1, -0.05) is 29.8 Å². The Morgan fingerprint density at radius 2 is 1.76 bits per heavy atom. The molecule has 0 spiro atoms. The van der Waals surface area contributed by atoms with Crippen LogP contribution in [0.15, 0.2) is 54.7 Å². The van der Waals surface area contributed by atoms with E-state index in [0.29, 0.717) is 34.9 Å². The number of ketones is 1. The number of nitrogens with one attached hydrogen (secondary N) is 1. The fourth-order valence-electron chi connectivity index (χ4n) is 4.90. The second kappa shape index (κ2) is 8.95. The number of hydrogen-bond donors (Lipinski definition) is 1. The third-order valence-electron chi connectivity index (χ3n) is 6.53. The number of fused-ring (bicyclic) bond motifs is 2. The Labute approximate surface area is 201 Å².